The second-order valence-corrected chi connectivity index (χ2v) is 9.89. The lowest BCUT2D eigenvalue weighted by Gasteiger charge is -2.26. The van der Waals surface area contributed by atoms with Crippen molar-refractivity contribution in [2.24, 2.45) is 0 Å². The Morgan fingerprint density at radius 3 is 2.74 bits per heavy atom. The van der Waals surface area contributed by atoms with E-state index in [1.165, 1.54) is 18.2 Å². The number of carbonyl (C=O) groups excluding carboxylic acids is 1. The molecule has 1 saturated heterocycles. The first-order valence-corrected chi connectivity index (χ1v) is 13.0. The second-order valence-electron chi connectivity index (χ2n) is 8.86. The van der Waals surface area contributed by atoms with Gasteiger partial charge in [-0.15, -0.1) is 11.3 Å². The maximum atomic E-state index is 13.3. The lowest BCUT2D eigenvalue weighted by molar-refractivity contribution is -0.138. The van der Waals surface area contributed by atoms with Gasteiger partial charge in [0, 0.05) is 43.4 Å². The number of carbonyl (C=O) groups is 1. The molecule has 1 N–H and O–H groups in total. The van der Waals surface area contributed by atoms with Crippen LogP contribution in [-0.4, -0.2) is 59.8 Å². The highest BCUT2D eigenvalue weighted by Gasteiger charge is 2.33. The van der Waals surface area contributed by atoms with Crippen molar-refractivity contribution < 1.29 is 27.4 Å². The zero-order chi connectivity index (χ0) is 27.4. The molecule has 1 aliphatic heterocycles. The third-order valence-corrected chi connectivity index (χ3v) is 7.38. The van der Waals surface area contributed by atoms with Gasteiger partial charge in [-0.3, -0.25) is 14.3 Å². The maximum absolute atomic E-state index is 13.3. The molecule has 1 fully saturated rings. The Balaban J connectivity index is 1.29. The topological polar surface area (TPSA) is 92.4 Å². The third kappa shape index (κ3) is 6.06. The minimum Gasteiger partial charge on any atom is -0.487 e. The molecule has 39 heavy (non-hydrogen) atoms. The number of halogens is 3. The van der Waals surface area contributed by atoms with Gasteiger partial charge in [0.2, 0.25) is 0 Å². The van der Waals surface area contributed by atoms with Crippen molar-refractivity contribution in [1.82, 2.24) is 19.8 Å². The van der Waals surface area contributed by atoms with Gasteiger partial charge in [-0.2, -0.15) is 18.4 Å². The number of nitrogens with one attached hydrogen (secondary N) is 1. The number of hydrogen-bond donors (Lipinski definition) is 1. The van der Waals surface area contributed by atoms with Crippen molar-refractivity contribution in [2.45, 2.75) is 12.8 Å². The van der Waals surface area contributed by atoms with Crippen LogP contribution >= 0.6 is 11.3 Å². The quantitative estimate of drug-likeness (QED) is 0.341. The molecular weight excluding hydrogens is 531 g/mol. The minimum atomic E-state index is -4.51. The summed E-state index contributed by atoms with van der Waals surface area (Å²) in [5.74, 6) is -0.00924. The fourth-order valence-electron chi connectivity index (χ4n) is 4.33. The number of amides is 1. The van der Waals surface area contributed by atoms with E-state index in [4.69, 9.17) is 9.47 Å². The zero-order valence-corrected chi connectivity index (χ0v) is 21.5. The number of alkyl halides is 3. The predicted octanol–water partition coefficient (Wildman–Crippen LogP) is 4.62. The maximum Gasteiger partial charge on any atom is 0.416 e. The fourth-order valence-corrected chi connectivity index (χ4v) is 5.21. The molecule has 0 aliphatic carbocycles. The lowest BCUT2D eigenvalue weighted by Crippen LogP contribution is -2.41. The number of hydrogen-bond acceptors (Lipinski definition) is 7. The molecule has 2 aromatic carbocycles. The van der Waals surface area contributed by atoms with Crippen molar-refractivity contribution >= 4 is 28.3 Å². The van der Waals surface area contributed by atoms with Crippen LogP contribution in [0.25, 0.3) is 16.0 Å². The first-order valence-electron chi connectivity index (χ1n) is 12.2. The summed E-state index contributed by atoms with van der Waals surface area (Å²) in [6.45, 7) is 4.03. The molecule has 202 valence electrons. The number of rotatable bonds is 8. The third-order valence-electron chi connectivity index (χ3n) is 6.36. The van der Waals surface area contributed by atoms with E-state index in [2.05, 4.69) is 15.2 Å². The Morgan fingerprint density at radius 2 is 1.97 bits per heavy atom. The Morgan fingerprint density at radius 1 is 1.18 bits per heavy atom. The van der Waals surface area contributed by atoms with Gasteiger partial charge < -0.3 is 14.8 Å². The van der Waals surface area contributed by atoms with Crippen molar-refractivity contribution in [3.05, 3.63) is 76.4 Å². The van der Waals surface area contributed by atoms with E-state index in [0.717, 1.165) is 37.0 Å². The van der Waals surface area contributed by atoms with Gasteiger partial charge in [-0.1, -0.05) is 18.2 Å². The first kappa shape index (κ1) is 26.7. The minimum absolute atomic E-state index is 0.0227. The number of imidazole rings is 1. The van der Waals surface area contributed by atoms with Crippen LogP contribution in [0.15, 0.2) is 54.9 Å². The average Bonchev–Trinajstić information content (AvgIpc) is 3.55. The molecule has 3 heterocycles. The molecule has 5 rings (SSSR count). The molecule has 8 nitrogen and oxygen atoms in total. The van der Waals surface area contributed by atoms with Gasteiger partial charge in [-0.05, 0) is 24.3 Å². The normalized spacial score (nSPS) is 14.3. The van der Waals surface area contributed by atoms with E-state index in [1.807, 2.05) is 6.07 Å². The highest BCUT2D eigenvalue weighted by atomic mass is 32.1. The van der Waals surface area contributed by atoms with Crippen LogP contribution in [-0.2, 0) is 17.5 Å². The van der Waals surface area contributed by atoms with Gasteiger partial charge in [0.15, 0.2) is 5.75 Å². The molecule has 0 radical (unpaired) electrons. The summed E-state index contributed by atoms with van der Waals surface area (Å²) in [5.41, 5.74) is 0.973. The molecule has 0 unspecified atom stereocenters. The van der Waals surface area contributed by atoms with Gasteiger partial charge in [0.25, 0.3) is 5.91 Å². The van der Waals surface area contributed by atoms with Gasteiger partial charge >= 0.3 is 6.18 Å². The van der Waals surface area contributed by atoms with Crippen molar-refractivity contribution in [3.8, 4) is 16.8 Å². The van der Waals surface area contributed by atoms with Crippen molar-refractivity contribution in [3.63, 3.8) is 0 Å². The second kappa shape index (κ2) is 11.4. The predicted molar refractivity (Wildman–Crippen MR) is 139 cm³/mol. The summed E-state index contributed by atoms with van der Waals surface area (Å²) in [6, 6.07) is 14.0. The van der Waals surface area contributed by atoms with Gasteiger partial charge in [0.05, 0.1) is 29.8 Å². The Bertz CT molecular complexity index is 1520. The molecule has 2 aromatic heterocycles. The van der Waals surface area contributed by atoms with Crippen LogP contribution < -0.4 is 10.1 Å². The zero-order valence-electron chi connectivity index (χ0n) is 20.7. The van der Waals surface area contributed by atoms with Crippen molar-refractivity contribution in [2.75, 3.05) is 39.4 Å². The van der Waals surface area contributed by atoms with E-state index in [1.54, 1.807) is 35.2 Å². The summed E-state index contributed by atoms with van der Waals surface area (Å²) < 4.78 is 52.7. The number of ether oxygens (including phenoxy) is 2. The molecule has 1 aliphatic rings. The lowest BCUT2D eigenvalue weighted by atomic mass is 10.1. The van der Waals surface area contributed by atoms with Gasteiger partial charge in [0.1, 0.15) is 28.9 Å². The van der Waals surface area contributed by atoms with Crippen LogP contribution in [0, 0.1) is 11.3 Å². The monoisotopic (exact) mass is 555 g/mol. The van der Waals surface area contributed by atoms with E-state index < -0.39 is 11.7 Å². The number of fused-ring (bicyclic) bond motifs is 1. The van der Waals surface area contributed by atoms with E-state index >= 15 is 0 Å². The summed E-state index contributed by atoms with van der Waals surface area (Å²) in [7, 11) is 0. The number of benzene rings is 2. The van der Waals surface area contributed by atoms with Crippen LogP contribution in [0.3, 0.4) is 0 Å². The summed E-state index contributed by atoms with van der Waals surface area (Å²) in [6.07, 6.45) is -2.94. The number of morpholine rings is 1. The summed E-state index contributed by atoms with van der Waals surface area (Å²) in [4.78, 5) is 19.5. The fraction of sp³-hybridized carbons (Fsp3) is 0.296. The molecule has 0 spiro atoms. The SMILES string of the molecule is N#Cc1sc(-n2cnc3cc(C(=O)NCCN4CCOCC4)ccc32)cc1OCc1ccccc1C(F)(F)F. The van der Waals surface area contributed by atoms with Crippen LogP contribution in [0.2, 0.25) is 0 Å². The van der Waals surface area contributed by atoms with Crippen LogP contribution in [0.5, 0.6) is 5.75 Å². The Labute approximate surface area is 226 Å². The first-order chi connectivity index (χ1) is 18.8. The molecule has 0 atom stereocenters. The summed E-state index contributed by atoms with van der Waals surface area (Å²) >= 11 is 1.13. The van der Waals surface area contributed by atoms with Crippen LogP contribution in [0.1, 0.15) is 26.4 Å². The highest BCUT2D eigenvalue weighted by Crippen LogP contribution is 2.36. The number of thiophene rings is 1. The molecule has 4 aromatic rings. The van der Waals surface area contributed by atoms with E-state index in [-0.39, 0.29) is 28.7 Å². The van der Waals surface area contributed by atoms with E-state index in [9.17, 15) is 23.2 Å². The smallest absolute Gasteiger partial charge is 0.416 e. The average molecular weight is 556 g/mol. The molecule has 0 bridgehead atoms. The largest absolute Gasteiger partial charge is 0.487 e. The number of nitriles is 1. The summed E-state index contributed by atoms with van der Waals surface area (Å²) in [5, 5.41) is 13.1. The van der Waals surface area contributed by atoms with E-state index in [0.29, 0.717) is 41.4 Å². The van der Waals surface area contributed by atoms with Crippen molar-refractivity contribution in [1.29, 1.82) is 5.26 Å². The Hall–Kier alpha value is -3.92. The number of aromatic nitrogens is 2. The highest BCUT2D eigenvalue weighted by molar-refractivity contribution is 7.15. The van der Waals surface area contributed by atoms with Crippen LogP contribution in [0.4, 0.5) is 13.2 Å². The molecule has 0 saturated carbocycles. The van der Waals surface area contributed by atoms with Gasteiger partial charge in [-0.25, -0.2) is 4.98 Å². The standard InChI is InChI=1S/C27H24F3N5O3S/c28-27(29,30)20-4-2-1-3-19(20)16-38-23-14-25(39-24(23)15-31)35-17-33-21-13-18(5-6-22(21)35)26(36)32-7-8-34-9-11-37-12-10-34/h1-6,13-14,17H,7-12,16H2,(H,32,36). The molecular formula is C27H24F3N5O3S. The molecule has 12 heteroatoms. The number of nitrogens with zero attached hydrogens (tertiary/aromatic N) is 4. The Kier molecular flexibility index (Phi) is 7.83. The molecule has 1 amide bonds.